The molecule has 7 nitrogen and oxygen atoms in total. The number of nitrogens with zero attached hydrogens (tertiary/aromatic N) is 1. The first-order chi connectivity index (χ1) is 13.0. The van der Waals surface area contributed by atoms with Crippen LogP contribution in [0, 0.1) is 0 Å². The third-order valence-corrected chi connectivity index (χ3v) is 4.40. The molecule has 0 radical (unpaired) electrons. The van der Waals surface area contributed by atoms with Crippen molar-refractivity contribution in [3.05, 3.63) is 48.0 Å². The third kappa shape index (κ3) is 4.25. The van der Waals surface area contributed by atoms with Crippen LogP contribution in [0.4, 0.5) is 17.1 Å². The van der Waals surface area contributed by atoms with Crippen LogP contribution >= 0.6 is 0 Å². The molecule has 140 valence electrons. The van der Waals surface area contributed by atoms with Gasteiger partial charge in [-0.2, -0.15) is 0 Å². The summed E-state index contributed by atoms with van der Waals surface area (Å²) in [6.07, 6.45) is 1.79. The Morgan fingerprint density at radius 2 is 1.59 bits per heavy atom. The van der Waals surface area contributed by atoms with Gasteiger partial charge >= 0.3 is 11.8 Å². The van der Waals surface area contributed by atoms with E-state index in [1.54, 1.807) is 48.4 Å². The standard InChI is InChI=1S/C20H21N3O4/c1-13(24)23-11-3-4-14-5-6-16(12-18(14)23)22-20(26)19(25)21-15-7-9-17(27-2)10-8-15/h5-10,12H,3-4,11H2,1-2H3,(H,21,25)(H,22,26). The molecule has 2 aromatic rings. The lowest BCUT2D eigenvalue weighted by molar-refractivity contribution is -0.132. The molecule has 1 aliphatic heterocycles. The summed E-state index contributed by atoms with van der Waals surface area (Å²) < 4.78 is 5.05. The van der Waals surface area contributed by atoms with E-state index in [1.165, 1.54) is 6.92 Å². The average molecular weight is 367 g/mol. The van der Waals surface area contributed by atoms with Crippen molar-refractivity contribution in [2.24, 2.45) is 0 Å². The minimum Gasteiger partial charge on any atom is -0.497 e. The number of methoxy groups -OCH3 is 1. The van der Waals surface area contributed by atoms with Crippen LogP contribution in [0.15, 0.2) is 42.5 Å². The minimum atomic E-state index is -0.782. The number of nitrogens with one attached hydrogen (secondary N) is 2. The maximum atomic E-state index is 12.2. The van der Waals surface area contributed by atoms with Crippen LogP contribution in [-0.2, 0) is 20.8 Å². The second-order valence-corrected chi connectivity index (χ2v) is 6.25. The molecule has 1 heterocycles. The molecule has 7 heteroatoms. The fourth-order valence-electron chi connectivity index (χ4n) is 3.03. The van der Waals surface area contributed by atoms with Crippen molar-refractivity contribution < 1.29 is 19.1 Å². The number of hydrogen-bond acceptors (Lipinski definition) is 4. The van der Waals surface area contributed by atoms with Crippen LogP contribution < -0.4 is 20.3 Å². The Morgan fingerprint density at radius 3 is 2.22 bits per heavy atom. The zero-order valence-corrected chi connectivity index (χ0v) is 15.2. The van der Waals surface area contributed by atoms with Gasteiger partial charge in [0.15, 0.2) is 0 Å². The van der Waals surface area contributed by atoms with Crippen LogP contribution in [0.1, 0.15) is 18.9 Å². The highest BCUT2D eigenvalue weighted by Gasteiger charge is 2.21. The van der Waals surface area contributed by atoms with Crippen molar-refractivity contribution in [3.8, 4) is 5.75 Å². The normalized spacial score (nSPS) is 12.7. The summed E-state index contributed by atoms with van der Waals surface area (Å²) in [6, 6.07) is 12.0. The number of carbonyl (C=O) groups is 3. The van der Waals surface area contributed by atoms with Crippen LogP contribution in [0.25, 0.3) is 0 Å². The maximum Gasteiger partial charge on any atom is 0.314 e. The number of benzene rings is 2. The average Bonchev–Trinajstić information content (AvgIpc) is 2.67. The first-order valence-electron chi connectivity index (χ1n) is 8.65. The Kier molecular flexibility index (Phi) is 5.40. The molecule has 27 heavy (non-hydrogen) atoms. The molecule has 0 fully saturated rings. The van der Waals surface area contributed by atoms with E-state index in [2.05, 4.69) is 10.6 Å². The first kappa shape index (κ1) is 18.4. The Hall–Kier alpha value is -3.35. The number of amides is 3. The number of fused-ring (bicyclic) bond motifs is 1. The van der Waals surface area contributed by atoms with Crippen LogP contribution in [0.2, 0.25) is 0 Å². The van der Waals surface area contributed by atoms with Gasteiger partial charge in [-0.15, -0.1) is 0 Å². The largest absolute Gasteiger partial charge is 0.497 e. The molecule has 2 N–H and O–H groups in total. The van der Waals surface area contributed by atoms with Gasteiger partial charge in [0.25, 0.3) is 0 Å². The van der Waals surface area contributed by atoms with E-state index in [0.717, 1.165) is 24.1 Å². The molecule has 1 aliphatic rings. The van der Waals surface area contributed by atoms with Crippen LogP contribution in [0.3, 0.4) is 0 Å². The van der Waals surface area contributed by atoms with Gasteiger partial charge in [-0.3, -0.25) is 14.4 Å². The molecule has 0 unspecified atom stereocenters. The van der Waals surface area contributed by atoms with Gasteiger partial charge < -0.3 is 20.3 Å². The van der Waals surface area contributed by atoms with Gasteiger partial charge in [-0.1, -0.05) is 6.07 Å². The smallest absolute Gasteiger partial charge is 0.314 e. The van der Waals surface area contributed by atoms with Gasteiger partial charge in [0.1, 0.15) is 5.75 Å². The van der Waals surface area contributed by atoms with Crippen LogP contribution in [-0.4, -0.2) is 31.4 Å². The lowest BCUT2D eigenvalue weighted by atomic mass is 10.0. The van der Waals surface area contributed by atoms with E-state index in [-0.39, 0.29) is 5.91 Å². The van der Waals surface area contributed by atoms with Gasteiger partial charge in [0.05, 0.1) is 7.11 Å². The van der Waals surface area contributed by atoms with E-state index in [1.807, 2.05) is 6.07 Å². The van der Waals surface area contributed by atoms with E-state index in [4.69, 9.17) is 4.74 Å². The molecule has 2 aromatic carbocycles. The summed E-state index contributed by atoms with van der Waals surface area (Å²) >= 11 is 0. The summed E-state index contributed by atoms with van der Waals surface area (Å²) in [4.78, 5) is 37.8. The third-order valence-electron chi connectivity index (χ3n) is 4.40. The number of hydrogen-bond donors (Lipinski definition) is 2. The summed E-state index contributed by atoms with van der Waals surface area (Å²) in [5.41, 5.74) is 2.79. The SMILES string of the molecule is COc1ccc(NC(=O)C(=O)Nc2ccc3c(c2)N(C(C)=O)CCC3)cc1. The summed E-state index contributed by atoms with van der Waals surface area (Å²) in [5.74, 6) is -0.949. The predicted molar refractivity (Wildman–Crippen MR) is 103 cm³/mol. The number of ether oxygens (including phenoxy) is 1. The summed E-state index contributed by atoms with van der Waals surface area (Å²) in [7, 11) is 1.55. The van der Waals surface area contributed by atoms with Gasteiger partial charge in [-0.25, -0.2) is 0 Å². The number of aryl methyl sites for hydroxylation is 1. The first-order valence-corrected chi connectivity index (χ1v) is 8.65. The molecule has 3 amide bonds. The molecule has 0 spiro atoms. The number of rotatable bonds is 3. The number of anilines is 3. The fraction of sp³-hybridized carbons (Fsp3) is 0.250. The van der Waals surface area contributed by atoms with Crippen molar-refractivity contribution in [2.75, 3.05) is 29.2 Å². The Balaban J connectivity index is 1.69. The van der Waals surface area contributed by atoms with Gasteiger partial charge in [-0.05, 0) is 54.8 Å². The van der Waals surface area contributed by atoms with Crippen molar-refractivity contribution in [3.63, 3.8) is 0 Å². The lowest BCUT2D eigenvalue weighted by Crippen LogP contribution is -2.34. The van der Waals surface area contributed by atoms with Crippen molar-refractivity contribution >= 4 is 34.8 Å². The van der Waals surface area contributed by atoms with Crippen molar-refractivity contribution in [1.29, 1.82) is 0 Å². The molecular formula is C20H21N3O4. The molecule has 3 rings (SSSR count). The van der Waals surface area contributed by atoms with Gasteiger partial charge in [0.2, 0.25) is 5.91 Å². The second kappa shape index (κ2) is 7.90. The minimum absolute atomic E-state index is 0.0447. The van der Waals surface area contributed by atoms with E-state index < -0.39 is 11.8 Å². The Labute approximate surface area is 157 Å². The maximum absolute atomic E-state index is 12.2. The molecule has 0 saturated carbocycles. The molecule has 0 aromatic heterocycles. The van der Waals surface area contributed by atoms with Crippen molar-refractivity contribution in [2.45, 2.75) is 19.8 Å². The zero-order valence-electron chi connectivity index (χ0n) is 15.2. The Bertz CT molecular complexity index is 877. The van der Waals surface area contributed by atoms with E-state index in [9.17, 15) is 14.4 Å². The van der Waals surface area contributed by atoms with E-state index >= 15 is 0 Å². The van der Waals surface area contributed by atoms with E-state index in [0.29, 0.717) is 23.7 Å². The highest BCUT2D eigenvalue weighted by Crippen LogP contribution is 2.30. The molecule has 0 saturated heterocycles. The Morgan fingerprint density at radius 1 is 0.963 bits per heavy atom. The second-order valence-electron chi connectivity index (χ2n) is 6.25. The summed E-state index contributed by atoms with van der Waals surface area (Å²) in [6.45, 7) is 2.17. The number of carbonyl (C=O) groups excluding carboxylic acids is 3. The topological polar surface area (TPSA) is 87.7 Å². The molecular weight excluding hydrogens is 346 g/mol. The van der Waals surface area contributed by atoms with Gasteiger partial charge in [0, 0.05) is 30.5 Å². The lowest BCUT2D eigenvalue weighted by Gasteiger charge is -2.29. The zero-order chi connectivity index (χ0) is 19.4. The van der Waals surface area contributed by atoms with Crippen molar-refractivity contribution in [1.82, 2.24) is 0 Å². The highest BCUT2D eigenvalue weighted by molar-refractivity contribution is 6.43. The molecule has 0 aliphatic carbocycles. The highest BCUT2D eigenvalue weighted by atomic mass is 16.5. The fourth-order valence-corrected chi connectivity index (χ4v) is 3.03. The molecule has 0 atom stereocenters. The van der Waals surface area contributed by atoms with Crippen LogP contribution in [0.5, 0.6) is 5.75 Å². The summed E-state index contributed by atoms with van der Waals surface area (Å²) in [5, 5.41) is 5.11. The predicted octanol–water partition coefficient (Wildman–Crippen LogP) is 2.57. The monoisotopic (exact) mass is 367 g/mol. The quantitative estimate of drug-likeness (QED) is 0.816. The molecule has 0 bridgehead atoms.